The van der Waals surface area contributed by atoms with E-state index in [2.05, 4.69) is 4.98 Å². The zero-order chi connectivity index (χ0) is 19.2. The van der Waals surface area contributed by atoms with Crippen molar-refractivity contribution in [3.63, 3.8) is 0 Å². The summed E-state index contributed by atoms with van der Waals surface area (Å²) in [6.07, 6.45) is 4.68. The van der Waals surface area contributed by atoms with Crippen LogP contribution in [0.25, 0.3) is 0 Å². The van der Waals surface area contributed by atoms with Crippen LogP contribution >= 0.6 is 21.6 Å². The maximum atomic E-state index is 12.8. The van der Waals surface area contributed by atoms with Gasteiger partial charge in [-0.05, 0) is 48.6 Å². The average Bonchev–Trinajstić information content (AvgIpc) is 3.35. The van der Waals surface area contributed by atoms with Crippen LogP contribution in [0.5, 0.6) is 0 Å². The van der Waals surface area contributed by atoms with Gasteiger partial charge in [0.15, 0.2) is 0 Å². The van der Waals surface area contributed by atoms with Gasteiger partial charge in [-0.25, -0.2) is 9.78 Å². The number of aromatic nitrogens is 1. The van der Waals surface area contributed by atoms with Crippen LogP contribution in [0.1, 0.15) is 32.1 Å². The minimum Gasteiger partial charge on any atom is -0.480 e. The number of rotatable bonds is 7. The number of carbonyl (C=O) groups is 3. The molecule has 0 bridgehead atoms. The molecular formula is C18H23N3O4S2. The Kier molecular flexibility index (Phi) is 7.01. The van der Waals surface area contributed by atoms with Crippen molar-refractivity contribution >= 4 is 39.4 Å². The van der Waals surface area contributed by atoms with Crippen LogP contribution in [0.15, 0.2) is 29.4 Å². The van der Waals surface area contributed by atoms with Crippen LogP contribution < -0.4 is 0 Å². The molecule has 9 heteroatoms. The summed E-state index contributed by atoms with van der Waals surface area (Å²) in [5, 5.41) is 10.2. The van der Waals surface area contributed by atoms with Crippen molar-refractivity contribution in [3.05, 3.63) is 24.4 Å². The lowest BCUT2D eigenvalue weighted by Gasteiger charge is -2.30. The first kappa shape index (κ1) is 20.0. The average molecular weight is 410 g/mol. The van der Waals surface area contributed by atoms with E-state index in [0.717, 1.165) is 11.4 Å². The fourth-order valence-electron chi connectivity index (χ4n) is 3.57. The third kappa shape index (κ3) is 4.95. The van der Waals surface area contributed by atoms with Crippen LogP contribution in [-0.2, 0) is 14.4 Å². The molecule has 3 rings (SSSR count). The van der Waals surface area contributed by atoms with Crippen LogP contribution in [0.3, 0.4) is 0 Å². The molecule has 2 saturated heterocycles. The number of hydrogen-bond acceptors (Lipinski definition) is 6. The van der Waals surface area contributed by atoms with Crippen molar-refractivity contribution in [1.29, 1.82) is 0 Å². The molecule has 2 atom stereocenters. The van der Waals surface area contributed by atoms with Crippen molar-refractivity contribution in [3.8, 4) is 0 Å². The molecule has 2 unspecified atom stereocenters. The molecule has 0 aromatic carbocycles. The van der Waals surface area contributed by atoms with E-state index < -0.39 is 18.1 Å². The van der Waals surface area contributed by atoms with Gasteiger partial charge in [0, 0.05) is 31.5 Å². The number of nitrogens with zero attached hydrogens (tertiary/aromatic N) is 3. The fourth-order valence-corrected chi connectivity index (χ4v) is 5.43. The molecule has 1 aromatic heterocycles. The highest BCUT2D eigenvalue weighted by Gasteiger charge is 2.41. The smallest absolute Gasteiger partial charge is 0.326 e. The zero-order valence-corrected chi connectivity index (χ0v) is 16.6. The van der Waals surface area contributed by atoms with Gasteiger partial charge in [-0.3, -0.25) is 9.59 Å². The number of hydrogen-bond donors (Lipinski definition) is 1. The van der Waals surface area contributed by atoms with E-state index in [4.69, 9.17) is 0 Å². The Morgan fingerprint density at radius 1 is 1.11 bits per heavy atom. The molecular weight excluding hydrogens is 386 g/mol. The maximum absolute atomic E-state index is 12.8. The molecule has 0 aliphatic carbocycles. The van der Waals surface area contributed by atoms with Crippen LogP contribution in [0.2, 0.25) is 0 Å². The molecule has 2 fully saturated rings. The first-order valence-corrected chi connectivity index (χ1v) is 11.4. The third-order valence-electron chi connectivity index (χ3n) is 4.86. The van der Waals surface area contributed by atoms with Crippen LogP contribution in [0.4, 0.5) is 0 Å². The number of likely N-dealkylation sites (tertiary alicyclic amines) is 2. The number of amides is 2. The van der Waals surface area contributed by atoms with Gasteiger partial charge in [0.1, 0.15) is 17.1 Å². The van der Waals surface area contributed by atoms with E-state index in [9.17, 15) is 19.5 Å². The summed E-state index contributed by atoms with van der Waals surface area (Å²) in [4.78, 5) is 44.1. The minimum atomic E-state index is -0.959. The second-order valence-corrected chi connectivity index (χ2v) is 9.03. The first-order valence-electron chi connectivity index (χ1n) is 9.11. The molecule has 2 aliphatic heterocycles. The summed E-state index contributed by atoms with van der Waals surface area (Å²) in [5.74, 6) is -0.564. The Bertz CT molecular complexity index is 688. The summed E-state index contributed by atoms with van der Waals surface area (Å²) < 4.78 is 0. The topological polar surface area (TPSA) is 90.8 Å². The Balaban J connectivity index is 1.50. The van der Waals surface area contributed by atoms with Crippen molar-refractivity contribution in [2.45, 2.75) is 49.2 Å². The highest BCUT2D eigenvalue weighted by atomic mass is 33.1. The van der Waals surface area contributed by atoms with E-state index >= 15 is 0 Å². The summed E-state index contributed by atoms with van der Waals surface area (Å²) in [7, 11) is 3.10. The van der Waals surface area contributed by atoms with Crippen molar-refractivity contribution in [2.24, 2.45) is 0 Å². The summed E-state index contributed by atoms with van der Waals surface area (Å²) in [6.45, 7) is 1.03. The Morgan fingerprint density at radius 2 is 1.85 bits per heavy atom. The van der Waals surface area contributed by atoms with E-state index in [0.29, 0.717) is 44.5 Å². The summed E-state index contributed by atoms with van der Waals surface area (Å²) in [6, 6.07) is 4.44. The number of carboxylic acid groups (broad SMARTS) is 1. The number of carboxylic acids is 1. The summed E-state index contributed by atoms with van der Waals surface area (Å²) in [5.41, 5.74) is 0. The van der Waals surface area contributed by atoms with Gasteiger partial charge in [0.05, 0.1) is 0 Å². The molecule has 27 heavy (non-hydrogen) atoms. The zero-order valence-electron chi connectivity index (χ0n) is 15.0. The molecule has 2 amide bonds. The van der Waals surface area contributed by atoms with Gasteiger partial charge in [-0.1, -0.05) is 16.9 Å². The fraction of sp³-hybridized carbons (Fsp3) is 0.556. The number of carbonyl (C=O) groups excluding carboxylic acids is 2. The monoisotopic (exact) mass is 409 g/mol. The lowest BCUT2D eigenvalue weighted by molar-refractivity contribution is -0.151. The largest absolute Gasteiger partial charge is 0.480 e. The Hall–Kier alpha value is -1.74. The Morgan fingerprint density at radius 3 is 2.56 bits per heavy atom. The maximum Gasteiger partial charge on any atom is 0.326 e. The van der Waals surface area contributed by atoms with Gasteiger partial charge in [0.2, 0.25) is 11.8 Å². The van der Waals surface area contributed by atoms with E-state index in [1.165, 1.54) is 15.7 Å². The minimum absolute atomic E-state index is 0.0361. The molecule has 3 heterocycles. The second kappa shape index (κ2) is 9.45. The highest BCUT2D eigenvalue weighted by molar-refractivity contribution is 8.76. The van der Waals surface area contributed by atoms with Crippen molar-refractivity contribution in [1.82, 2.24) is 14.8 Å². The van der Waals surface area contributed by atoms with Gasteiger partial charge in [0.25, 0.3) is 0 Å². The predicted octanol–water partition coefficient (Wildman–Crippen LogP) is 2.28. The quantitative estimate of drug-likeness (QED) is 0.546. The van der Waals surface area contributed by atoms with Crippen molar-refractivity contribution < 1.29 is 19.5 Å². The lowest BCUT2D eigenvalue weighted by atomic mass is 10.1. The molecule has 146 valence electrons. The number of pyridine rings is 1. The van der Waals surface area contributed by atoms with Gasteiger partial charge in [-0.2, -0.15) is 0 Å². The Labute approximate surface area is 166 Å². The van der Waals surface area contributed by atoms with Crippen LogP contribution in [0, 0.1) is 0 Å². The van der Waals surface area contributed by atoms with Crippen molar-refractivity contribution in [2.75, 3.05) is 18.8 Å². The molecule has 7 nitrogen and oxygen atoms in total. The molecule has 1 aromatic rings. The highest BCUT2D eigenvalue weighted by Crippen LogP contribution is 2.30. The predicted molar refractivity (Wildman–Crippen MR) is 104 cm³/mol. The van der Waals surface area contributed by atoms with Gasteiger partial charge >= 0.3 is 5.97 Å². The molecule has 0 saturated carbocycles. The number of aliphatic carboxylic acids is 1. The molecule has 2 aliphatic rings. The van der Waals surface area contributed by atoms with Crippen LogP contribution in [-0.4, -0.2) is 68.6 Å². The van der Waals surface area contributed by atoms with E-state index in [-0.39, 0.29) is 11.8 Å². The van der Waals surface area contributed by atoms with E-state index in [1.54, 1.807) is 21.9 Å². The molecule has 0 radical (unpaired) electrons. The van der Waals surface area contributed by atoms with E-state index in [1.807, 2.05) is 18.2 Å². The second-order valence-electron chi connectivity index (χ2n) is 6.60. The molecule has 1 N–H and O–H groups in total. The van der Waals surface area contributed by atoms with Gasteiger partial charge < -0.3 is 14.9 Å². The first-order chi connectivity index (χ1) is 13.1. The van der Waals surface area contributed by atoms with Gasteiger partial charge in [-0.15, -0.1) is 0 Å². The lowest BCUT2D eigenvalue weighted by Crippen LogP contribution is -2.51. The normalized spacial score (nSPS) is 22.2. The SMILES string of the molecule is O=C(O)C1CCCN1C(=O)C1CCCN1C(=O)CCSSc1ccccn1. The summed E-state index contributed by atoms with van der Waals surface area (Å²) >= 11 is 0. The third-order valence-corrected chi connectivity index (χ3v) is 7.13. The molecule has 0 spiro atoms. The standard InChI is InChI=1S/C18H23N3O4S2/c22-16(8-12-26-27-15-7-1-2-9-19-15)20-10-3-5-13(20)17(23)21-11-4-6-14(21)18(24)25/h1-2,7,9,13-14H,3-6,8,10-12H2,(H,24,25).